The Labute approximate surface area is 178 Å². The molecular formula is C22H26ClN3O2S. The molecule has 2 heterocycles. The van der Waals surface area contributed by atoms with Gasteiger partial charge in [-0.2, -0.15) is 0 Å². The first-order valence-corrected chi connectivity index (χ1v) is 11.1. The third kappa shape index (κ3) is 4.95. The highest BCUT2D eigenvalue weighted by Crippen LogP contribution is 2.25. The van der Waals surface area contributed by atoms with E-state index >= 15 is 0 Å². The molecule has 0 spiro atoms. The number of hydrogen-bond acceptors (Lipinski definition) is 4. The summed E-state index contributed by atoms with van der Waals surface area (Å²) in [4.78, 5) is 7.05. The van der Waals surface area contributed by atoms with E-state index in [2.05, 4.69) is 38.9 Å². The fraction of sp³-hybridized carbons (Fsp3) is 0.318. The van der Waals surface area contributed by atoms with Gasteiger partial charge in [-0.15, -0.1) is 12.4 Å². The lowest BCUT2D eigenvalue weighted by Gasteiger charge is -2.32. The van der Waals surface area contributed by atoms with Gasteiger partial charge in [0.05, 0.1) is 10.4 Å². The van der Waals surface area contributed by atoms with Gasteiger partial charge in [0.1, 0.15) is 0 Å². The maximum Gasteiger partial charge on any atom is 0.241 e. The molecule has 1 aliphatic rings. The molecule has 3 aromatic rings. The van der Waals surface area contributed by atoms with Crippen LogP contribution in [0.3, 0.4) is 0 Å². The number of pyridine rings is 1. The zero-order valence-corrected chi connectivity index (χ0v) is 18.0. The monoisotopic (exact) mass is 431 g/mol. The fourth-order valence-electron chi connectivity index (χ4n) is 3.86. The number of rotatable bonds is 5. The van der Waals surface area contributed by atoms with E-state index in [1.54, 1.807) is 18.3 Å². The average molecular weight is 432 g/mol. The lowest BCUT2D eigenvalue weighted by molar-refractivity contribution is 0.200. The van der Waals surface area contributed by atoms with E-state index in [1.165, 1.54) is 5.56 Å². The predicted octanol–water partition coefficient (Wildman–Crippen LogP) is 3.91. The predicted molar refractivity (Wildman–Crippen MR) is 119 cm³/mol. The van der Waals surface area contributed by atoms with E-state index < -0.39 is 10.0 Å². The van der Waals surface area contributed by atoms with Gasteiger partial charge < -0.3 is 0 Å². The second-order valence-corrected chi connectivity index (χ2v) is 9.12. The van der Waals surface area contributed by atoms with E-state index in [0.717, 1.165) is 43.6 Å². The number of nitrogens with zero attached hydrogens (tertiary/aromatic N) is 2. The van der Waals surface area contributed by atoms with Crippen LogP contribution in [-0.2, 0) is 16.6 Å². The van der Waals surface area contributed by atoms with Gasteiger partial charge >= 0.3 is 0 Å². The number of piperidine rings is 1. The van der Waals surface area contributed by atoms with Crippen LogP contribution in [-0.4, -0.2) is 37.4 Å². The molecule has 1 aromatic heterocycles. The Morgan fingerprint density at radius 2 is 1.76 bits per heavy atom. The molecule has 2 aromatic carbocycles. The normalized spacial score (nSPS) is 15.9. The number of aryl methyl sites for hydroxylation is 1. The standard InChI is InChI=1S/C22H25N3O2S.ClH/c1-17-9-10-21(20-8-5-13-23-22(17)20)28(26,27)24-19-11-14-25(15-12-19)16-18-6-3-2-4-7-18;/h2-10,13,19,24H,11-12,14-16H2,1H3;1H. The summed E-state index contributed by atoms with van der Waals surface area (Å²) in [6, 6.07) is 17.5. The lowest BCUT2D eigenvalue weighted by atomic mass is 10.1. The maximum atomic E-state index is 13.0. The Morgan fingerprint density at radius 1 is 1.03 bits per heavy atom. The van der Waals surface area contributed by atoms with E-state index in [4.69, 9.17) is 0 Å². The zero-order valence-electron chi connectivity index (χ0n) is 16.4. The summed E-state index contributed by atoms with van der Waals surface area (Å²) >= 11 is 0. The summed E-state index contributed by atoms with van der Waals surface area (Å²) in [6.07, 6.45) is 3.32. The number of fused-ring (bicyclic) bond motifs is 1. The molecule has 0 amide bonds. The Hall–Kier alpha value is -1.99. The average Bonchev–Trinajstić information content (AvgIpc) is 2.70. The van der Waals surface area contributed by atoms with E-state index in [-0.39, 0.29) is 18.4 Å². The van der Waals surface area contributed by atoms with Gasteiger partial charge in [-0.1, -0.05) is 36.4 Å². The molecule has 0 radical (unpaired) electrons. The quantitative estimate of drug-likeness (QED) is 0.665. The highest BCUT2D eigenvalue weighted by Gasteiger charge is 2.26. The summed E-state index contributed by atoms with van der Waals surface area (Å²) in [5, 5.41) is 0.677. The molecule has 1 aliphatic heterocycles. The van der Waals surface area contributed by atoms with Crippen LogP contribution in [0.5, 0.6) is 0 Å². The van der Waals surface area contributed by atoms with Crippen molar-refractivity contribution in [3.63, 3.8) is 0 Å². The van der Waals surface area contributed by atoms with Crippen LogP contribution in [0.1, 0.15) is 24.0 Å². The van der Waals surface area contributed by atoms with Gasteiger partial charge in [0, 0.05) is 37.3 Å². The molecule has 154 valence electrons. The van der Waals surface area contributed by atoms with Crippen molar-refractivity contribution in [2.75, 3.05) is 13.1 Å². The Kier molecular flexibility index (Phi) is 6.90. The number of sulfonamides is 1. The van der Waals surface area contributed by atoms with Crippen molar-refractivity contribution in [1.82, 2.24) is 14.6 Å². The van der Waals surface area contributed by atoms with Gasteiger partial charge in [-0.3, -0.25) is 9.88 Å². The summed E-state index contributed by atoms with van der Waals surface area (Å²) < 4.78 is 29.0. The van der Waals surface area contributed by atoms with Crippen molar-refractivity contribution < 1.29 is 8.42 Å². The highest BCUT2D eigenvalue weighted by molar-refractivity contribution is 7.89. The number of nitrogens with one attached hydrogen (secondary N) is 1. The van der Waals surface area contributed by atoms with E-state index in [0.29, 0.717) is 10.3 Å². The molecule has 0 aliphatic carbocycles. The first-order chi connectivity index (χ1) is 13.5. The van der Waals surface area contributed by atoms with Gasteiger partial charge in [0.25, 0.3) is 0 Å². The van der Waals surface area contributed by atoms with Crippen LogP contribution in [0, 0.1) is 6.92 Å². The largest absolute Gasteiger partial charge is 0.299 e. The molecule has 29 heavy (non-hydrogen) atoms. The van der Waals surface area contributed by atoms with Gasteiger partial charge in [-0.25, -0.2) is 13.1 Å². The van der Waals surface area contributed by atoms with Crippen molar-refractivity contribution in [3.05, 3.63) is 71.9 Å². The maximum absolute atomic E-state index is 13.0. The SMILES string of the molecule is Cc1ccc(S(=O)(=O)NC2CCN(Cc3ccccc3)CC2)c2cccnc12.Cl. The van der Waals surface area contributed by atoms with Crippen LogP contribution in [0.25, 0.3) is 10.9 Å². The summed E-state index contributed by atoms with van der Waals surface area (Å²) in [5.41, 5.74) is 3.01. The van der Waals surface area contributed by atoms with Crippen LogP contribution in [0.4, 0.5) is 0 Å². The van der Waals surface area contributed by atoms with E-state index in [9.17, 15) is 8.42 Å². The van der Waals surface area contributed by atoms with Gasteiger partial charge in [0.15, 0.2) is 0 Å². The lowest BCUT2D eigenvalue weighted by Crippen LogP contribution is -2.44. The second kappa shape index (κ2) is 9.22. The molecular weight excluding hydrogens is 406 g/mol. The molecule has 0 bridgehead atoms. The highest BCUT2D eigenvalue weighted by atomic mass is 35.5. The first-order valence-electron chi connectivity index (χ1n) is 9.66. The van der Waals surface area contributed by atoms with Crippen LogP contribution in [0.15, 0.2) is 65.7 Å². The minimum atomic E-state index is -3.59. The topological polar surface area (TPSA) is 62.3 Å². The van der Waals surface area contributed by atoms with Crippen molar-refractivity contribution in [3.8, 4) is 0 Å². The zero-order chi connectivity index (χ0) is 19.6. The molecule has 0 unspecified atom stereocenters. The fourth-order valence-corrected chi connectivity index (χ4v) is 5.36. The minimum Gasteiger partial charge on any atom is -0.299 e. The van der Waals surface area contributed by atoms with Crippen LogP contribution in [0.2, 0.25) is 0 Å². The third-order valence-corrected chi connectivity index (χ3v) is 6.96. The molecule has 7 heteroatoms. The first kappa shape index (κ1) is 21.7. The van der Waals surface area contributed by atoms with Gasteiger partial charge in [-0.05, 0) is 49.1 Å². The number of hydrogen-bond donors (Lipinski definition) is 1. The molecule has 4 rings (SSSR count). The molecule has 5 nitrogen and oxygen atoms in total. The summed E-state index contributed by atoms with van der Waals surface area (Å²) in [5.74, 6) is 0. The van der Waals surface area contributed by atoms with Crippen LogP contribution >= 0.6 is 12.4 Å². The minimum absolute atomic E-state index is 0. The van der Waals surface area contributed by atoms with Crippen molar-refractivity contribution in [2.24, 2.45) is 0 Å². The van der Waals surface area contributed by atoms with Crippen molar-refractivity contribution >= 4 is 33.3 Å². The smallest absolute Gasteiger partial charge is 0.241 e. The van der Waals surface area contributed by atoms with Gasteiger partial charge in [0.2, 0.25) is 10.0 Å². The van der Waals surface area contributed by atoms with E-state index in [1.807, 2.05) is 25.1 Å². The van der Waals surface area contributed by atoms with Crippen LogP contribution < -0.4 is 4.72 Å². The van der Waals surface area contributed by atoms with Crippen molar-refractivity contribution in [2.45, 2.75) is 37.2 Å². The summed E-state index contributed by atoms with van der Waals surface area (Å²) in [6.45, 7) is 4.63. The summed E-state index contributed by atoms with van der Waals surface area (Å²) in [7, 11) is -3.59. The number of likely N-dealkylation sites (tertiary alicyclic amines) is 1. The molecule has 1 saturated heterocycles. The molecule has 1 fully saturated rings. The molecule has 0 atom stereocenters. The number of benzene rings is 2. The third-order valence-electron chi connectivity index (χ3n) is 5.38. The molecule has 0 saturated carbocycles. The molecule has 1 N–H and O–H groups in total. The second-order valence-electron chi connectivity index (χ2n) is 7.44. The van der Waals surface area contributed by atoms with Crippen molar-refractivity contribution in [1.29, 1.82) is 0 Å². The Morgan fingerprint density at radius 3 is 2.48 bits per heavy atom. The number of halogens is 1. The number of aromatic nitrogens is 1. The Balaban J connectivity index is 0.00000240. The Bertz CT molecular complexity index is 1070.